The zero-order chi connectivity index (χ0) is 11.1. The van der Waals surface area contributed by atoms with Gasteiger partial charge in [0.1, 0.15) is 0 Å². The molecule has 0 aromatic carbocycles. The van der Waals surface area contributed by atoms with E-state index in [1.54, 1.807) is 0 Å². The normalized spacial score (nSPS) is 27.6. The molecule has 88 valence electrons. The Bertz CT molecular complexity index is 209. The number of likely N-dealkylation sites (tertiary alicyclic amines) is 1. The van der Waals surface area contributed by atoms with E-state index in [9.17, 15) is 0 Å². The van der Waals surface area contributed by atoms with Gasteiger partial charge in [-0.05, 0) is 32.1 Å². The minimum atomic E-state index is 0.677. The van der Waals surface area contributed by atoms with Crippen LogP contribution in [0.15, 0.2) is 0 Å². The molecule has 1 spiro atoms. The van der Waals surface area contributed by atoms with Gasteiger partial charge in [-0.2, -0.15) is 0 Å². The molecule has 0 bridgehead atoms. The highest BCUT2D eigenvalue weighted by atomic mass is 15.6. The molecule has 2 fully saturated rings. The summed E-state index contributed by atoms with van der Waals surface area (Å²) in [6, 6.07) is 0.738. The fourth-order valence-electron chi connectivity index (χ4n) is 2.87. The number of hydrogen-bond donors (Lipinski definition) is 0. The lowest BCUT2D eigenvalue weighted by molar-refractivity contribution is -0.100. The number of nitrogens with zero attached hydrogens (tertiary/aromatic N) is 3. The molecule has 0 atom stereocenters. The van der Waals surface area contributed by atoms with Crippen LogP contribution in [0.4, 0.5) is 0 Å². The molecule has 0 radical (unpaired) electrons. The van der Waals surface area contributed by atoms with Gasteiger partial charge in [0.2, 0.25) is 0 Å². The monoisotopic (exact) mass is 211 g/mol. The van der Waals surface area contributed by atoms with Gasteiger partial charge in [0.25, 0.3) is 0 Å². The Labute approximate surface area is 94.0 Å². The second kappa shape index (κ2) is 4.04. The quantitative estimate of drug-likeness (QED) is 0.681. The summed E-state index contributed by atoms with van der Waals surface area (Å²) in [6.45, 7) is 9.79. The molecule has 0 saturated carbocycles. The molecule has 0 unspecified atom stereocenters. The third kappa shape index (κ3) is 2.19. The highest BCUT2D eigenvalue weighted by Crippen LogP contribution is 2.41. The summed E-state index contributed by atoms with van der Waals surface area (Å²) in [6.07, 6.45) is 2.77. The van der Waals surface area contributed by atoms with Crippen molar-refractivity contribution in [3.05, 3.63) is 0 Å². The number of rotatable bonds is 2. The molecule has 2 saturated heterocycles. The maximum atomic E-state index is 2.60. The fourth-order valence-corrected chi connectivity index (χ4v) is 2.87. The van der Waals surface area contributed by atoms with Gasteiger partial charge in [-0.15, -0.1) is 0 Å². The van der Waals surface area contributed by atoms with Gasteiger partial charge < -0.3 is 0 Å². The summed E-state index contributed by atoms with van der Waals surface area (Å²) < 4.78 is 0. The van der Waals surface area contributed by atoms with E-state index >= 15 is 0 Å². The standard InChI is InChI=1S/C12H25N3/c1-11(2)14-9-12(10-14)5-7-15(8-6-12)13(3)4/h11H,5-10H2,1-4H3. The van der Waals surface area contributed by atoms with Crippen molar-refractivity contribution in [3.8, 4) is 0 Å². The van der Waals surface area contributed by atoms with Gasteiger partial charge in [-0.3, -0.25) is 4.90 Å². The summed E-state index contributed by atoms with van der Waals surface area (Å²) >= 11 is 0. The second-order valence-corrected chi connectivity index (χ2v) is 5.80. The zero-order valence-corrected chi connectivity index (χ0v) is 10.7. The van der Waals surface area contributed by atoms with E-state index in [4.69, 9.17) is 0 Å². The maximum absolute atomic E-state index is 2.60. The van der Waals surface area contributed by atoms with Crippen molar-refractivity contribution in [1.82, 2.24) is 14.9 Å². The third-order valence-corrected chi connectivity index (χ3v) is 4.17. The van der Waals surface area contributed by atoms with E-state index in [2.05, 4.69) is 42.9 Å². The molecule has 2 heterocycles. The Morgan fingerprint density at radius 3 is 2.00 bits per heavy atom. The number of hydrogen-bond acceptors (Lipinski definition) is 3. The van der Waals surface area contributed by atoms with Gasteiger partial charge in [0.05, 0.1) is 0 Å². The van der Waals surface area contributed by atoms with E-state index in [0.29, 0.717) is 5.41 Å². The van der Waals surface area contributed by atoms with E-state index in [1.807, 2.05) is 0 Å². The van der Waals surface area contributed by atoms with Crippen molar-refractivity contribution in [3.63, 3.8) is 0 Å². The van der Waals surface area contributed by atoms with Crippen LogP contribution in [0.25, 0.3) is 0 Å². The predicted octanol–water partition coefficient (Wildman–Crippen LogP) is 1.27. The van der Waals surface area contributed by atoms with E-state index < -0.39 is 0 Å². The van der Waals surface area contributed by atoms with Crippen LogP contribution >= 0.6 is 0 Å². The zero-order valence-electron chi connectivity index (χ0n) is 10.7. The first-order valence-electron chi connectivity index (χ1n) is 6.19. The lowest BCUT2D eigenvalue weighted by Crippen LogP contribution is -2.62. The molecule has 2 rings (SSSR count). The highest BCUT2D eigenvalue weighted by molar-refractivity contribution is 4.98. The molecule has 0 aromatic rings. The summed E-state index contributed by atoms with van der Waals surface area (Å²) in [5.41, 5.74) is 0.677. The Morgan fingerprint density at radius 2 is 1.60 bits per heavy atom. The summed E-state index contributed by atoms with van der Waals surface area (Å²) in [4.78, 5) is 2.60. The van der Waals surface area contributed by atoms with Crippen molar-refractivity contribution in [1.29, 1.82) is 0 Å². The molecule has 3 nitrogen and oxygen atoms in total. The van der Waals surface area contributed by atoms with Crippen molar-refractivity contribution < 1.29 is 0 Å². The lowest BCUT2D eigenvalue weighted by Gasteiger charge is -2.56. The fraction of sp³-hybridized carbons (Fsp3) is 1.00. The first-order valence-corrected chi connectivity index (χ1v) is 6.19. The van der Waals surface area contributed by atoms with Gasteiger partial charge in [0.15, 0.2) is 0 Å². The smallest absolute Gasteiger partial charge is 0.0139 e. The molecule has 0 N–H and O–H groups in total. The SMILES string of the molecule is CC(C)N1CC2(CCN(N(C)C)CC2)C1. The maximum Gasteiger partial charge on any atom is 0.0139 e. The van der Waals surface area contributed by atoms with Gasteiger partial charge in [-0.1, -0.05) is 0 Å². The van der Waals surface area contributed by atoms with Crippen LogP contribution in [0, 0.1) is 5.41 Å². The minimum absolute atomic E-state index is 0.677. The van der Waals surface area contributed by atoms with Crippen LogP contribution in [0.5, 0.6) is 0 Å². The van der Waals surface area contributed by atoms with Crippen LogP contribution in [-0.4, -0.2) is 61.2 Å². The van der Waals surface area contributed by atoms with Crippen molar-refractivity contribution in [2.24, 2.45) is 5.41 Å². The van der Waals surface area contributed by atoms with Crippen LogP contribution in [0.3, 0.4) is 0 Å². The molecule has 3 heteroatoms. The minimum Gasteiger partial charge on any atom is -0.300 e. The van der Waals surface area contributed by atoms with Gasteiger partial charge in [-0.25, -0.2) is 10.0 Å². The molecular formula is C12H25N3. The van der Waals surface area contributed by atoms with Crippen LogP contribution in [0.2, 0.25) is 0 Å². The Morgan fingerprint density at radius 1 is 1.07 bits per heavy atom. The summed E-state index contributed by atoms with van der Waals surface area (Å²) in [5.74, 6) is 0. The molecule has 0 aromatic heterocycles. The van der Waals surface area contributed by atoms with Gasteiger partial charge >= 0.3 is 0 Å². The average Bonchev–Trinajstić information content (AvgIpc) is 2.13. The molecule has 2 aliphatic rings. The first kappa shape index (κ1) is 11.4. The number of piperidine rings is 1. The van der Waals surface area contributed by atoms with E-state index in [-0.39, 0.29) is 0 Å². The molecule has 15 heavy (non-hydrogen) atoms. The van der Waals surface area contributed by atoms with Crippen molar-refractivity contribution >= 4 is 0 Å². The Hall–Kier alpha value is -0.120. The Balaban J connectivity index is 1.80. The number of hydrazine groups is 1. The topological polar surface area (TPSA) is 9.72 Å². The average molecular weight is 211 g/mol. The second-order valence-electron chi connectivity index (χ2n) is 5.80. The third-order valence-electron chi connectivity index (χ3n) is 4.17. The van der Waals surface area contributed by atoms with Crippen molar-refractivity contribution in [2.75, 3.05) is 40.3 Å². The van der Waals surface area contributed by atoms with Crippen LogP contribution in [0.1, 0.15) is 26.7 Å². The Kier molecular flexibility index (Phi) is 3.06. The highest BCUT2D eigenvalue weighted by Gasteiger charge is 2.45. The molecule has 0 amide bonds. The first-order chi connectivity index (χ1) is 7.02. The largest absolute Gasteiger partial charge is 0.300 e. The van der Waals surface area contributed by atoms with E-state index in [1.165, 1.54) is 39.0 Å². The molecule has 2 aliphatic heterocycles. The molecule has 0 aliphatic carbocycles. The summed E-state index contributed by atoms with van der Waals surface area (Å²) in [7, 11) is 4.30. The van der Waals surface area contributed by atoms with Crippen molar-refractivity contribution in [2.45, 2.75) is 32.7 Å². The van der Waals surface area contributed by atoms with Gasteiger partial charge in [0, 0.05) is 46.3 Å². The van der Waals surface area contributed by atoms with E-state index in [0.717, 1.165) is 6.04 Å². The van der Waals surface area contributed by atoms with Crippen LogP contribution < -0.4 is 0 Å². The summed E-state index contributed by atoms with van der Waals surface area (Å²) in [5, 5.41) is 4.70. The van der Waals surface area contributed by atoms with Crippen LogP contribution in [-0.2, 0) is 0 Å². The lowest BCUT2D eigenvalue weighted by atomic mass is 9.71. The molecular weight excluding hydrogens is 186 g/mol. The predicted molar refractivity (Wildman–Crippen MR) is 63.6 cm³/mol.